The molecule has 4 amide bonds. The largest absolute Gasteiger partial charge is 0.391 e. The third-order valence-electron chi connectivity index (χ3n) is 5.37. The lowest BCUT2D eigenvalue weighted by Gasteiger charge is -2.36. The van der Waals surface area contributed by atoms with Crippen molar-refractivity contribution in [3.8, 4) is 0 Å². The van der Waals surface area contributed by atoms with Crippen molar-refractivity contribution in [3.63, 3.8) is 0 Å². The number of β-amino-alcohol motifs (C(OH)–C–C–N with tert-alkyl or cyclic N) is 1. The summed E-state index contributed by atoms with van der Waals surface area (Å²) in [6.07, 6.45) is -0.0576. The van der Waals surface area contributed by atoms with Gasteiger partial charge in [0.05, 0.1) is 12.6 Å². The fourth-order valence-corrected chi connectivity index (χ4v) is 3.84. The highest BCUT2D eigenvalue weighted by atomic mass is 16.3. The van der Waals surface area contributed by atoms with Gasteiger partial charge in [0, 0.05) is 19.0 Å². The number of amides is 4. The lowest BCUT2D eigenvalue weighted by atomic mass is 9.86. The van der Waals surface area contributed by atoms with Crippen molar-refractivity contribution >= 4 is 28.6 Å². The van der Waals surface area contributed by atoms with E-state index in [0.29, 0.717) is 13.0 Å². The Bertz CT molecular complexity index is 897. The summed E-state index contributed by atoms with van der Waals surface area (Å²) < 4.78 is 0. The zero-order valence-electron chi connectivity index (χ0n) is 14.8. The van der Waals surface area contributed by atoms with Gasteiger partial charge in [0.25, 0.3) is 5.91 Å². The molecule has 0 bridgehead atoms. The first-order valence-corrected chi connectivity index (χ1v) is 9.05. The molecule has 2 heterocycles. The van der Waals surface area contributed by atoms with Crippen molar-refractivity contribution in [2.45, 2.75) is 18.4 Å². The molecule has 0 unspecified atom stereocenters. The van der Waals surface area contributed by atoms with Crippen LogP contribution in [-0.2, 0) is 9.59 Å². The normalized spacial score (nSPS) is 23.0. The van der Waals surface area contributed by atoms with Crippen molar-refractivity contribution in [2.75, 3.05) is 26.2 Å². The molecule has 27 heavy (non-hydrogen) atoms. The van der Waals surface area contributed by atoms with Crippen molar-refractivity contribution in [1.29, 1.82) is 0 Å². The minimum absolute atomic E-state index is 0.0460. The lowest BCUT2D eigenvalue weighted by Crippen LogP contribution is -2.50. The average molecular weight is 367 g/mol. The molecule has 2 saturated heterocycles. The number of hydrogen-bond acceptors (Lipinski definition) is 4. The number of fused-ring (bicyclic) bond motifs is 1. The van der Waals surface area contributed by atoms with Gasteiger partial charge >= 0.3 is 6.03 Å². The summed E-state index contributed by atoms with van der Waals surface area (Å²) in [5.41, 5.74) is 1.06. The molecule has 0 aromatic heterocycles. The topological polar surface area (TPSA) is 90.0 Å². The summed E-state index contributed by atoms with van der Waals surface area (Å²) >= 11 is 0. The number of likely N-dealkylation sites (tertiary alicyclic amines) is 1. The lowest BCUT2D eigenvalue weighted by molar-refractivity contribution is -0.139. The van der Waals surface area contributed by atoms with Gasteiger partial charge in [-0.05, 0) is 22.8 Å². The molecule has 0 saturated carbocycles. The van der Waals surface area contributed by atoms with Crippen LogP contribution in [0.15, 0.2) is 42.5 Å². The summed E-state index contributed by atoms with van der Waals surface area (Å²) in [6.45, 7) is 0.327. The zero-order chi connectivity index (χ0) is 19.0. The number of rotatable bonds is 3. The third-order valence-corrected chi connectivity index (χ3v) is 5.37. The highest BCUT2D eigenvalue weighted by molar-refractivity contribution is 6.04. The fraction of sp³-hybridized carbons (Fsp3) is 0.350. The molecule has 4 rings (SSSR count). The molecule has 2 aromatic carbocycles. The van der Waals surface area contributed by atoms with Gasteiger partial charge in [0.15, 0.2) is 0 Å². The van der Waals surface area contributed by atoms with E-state index in [0.717, 1.165) is 21.2 Å². The van der Waals surface area contributed by atoms with Crippen LogP contribution in [0.2, 0.25) is 0 Å². The Hall–Kier alpha value is -2.93. The Morgan fingerprint density at radius 1 is 1.15 bits per heavy atom. The number of imide groups is 1. The maximum absolute atomic E-state index is 12.4. The van der Waals surface area contributed by atoms with Crippen LogP contribution in [0.1, 0.15) is 17.9 Å². The first kappa shape index (κ1) is 17.5. The molecular formula is C20H21N3O4. The number of aliphatic hydroxyl groups excluding tert-OH is 1. The first-order chi connectivity index (χ1) is 13.0. The van der Waals surface area contributed by atoms with Crippen LogP contribution in [0.3, 0.4) is 0 Å². The Balaban J connectivity index is 1.43. The second-order valence-corrected chi connectivity index (χ2v) is 7.05. The van der Waals surface area contributed by atoms with Crippen molar-refractivity contribution in [3.05, 3.63) is 48.0 Å². The van der Waals surface area contributed by atoms with Gasteiger partial charge in [0.1, 0.15) is 6.54 Å². The van der Waals surface area contributed by atoms with E-state index in [9.17, 15) is 19.5 Å². The summed E-state index contributed by atoms with van der Waals surface area (Å²) in [7, 11) is 0. The molecule has 0 radical (unpaired) electrons. The van der Waals surface area contributed by atoms with E-state index < -0.39 is 18.0 Å². The molecule has 2 aliphatic rings. The minimum Gasteiger partial charge on any atom is -0.391 e. The van der Waals surface area contributed by atoms with E-state index in [1.807, 2.05) is 36.4 Å². The van der Waals surface area contributed by atoms with Crippen molar-refractivity contribution in [1.82, 2.24) is 15.1 Å². The summed E-state index contributed by atoms with van der Waals surface area (Å²) in [5.74, 6) is -0.772. The van der Waals surface area contributed by atoms with Crippen LogP contribution >= 0.6 is 0 Å². The van der Waals surface area contributed by atoms with Crippen LogP contribution < -0.4 is 5.32 Å². The summed E-state index contributed by atoms with van der Waals surface area (Å²) in [4.78, 5) is 38.1. The second kappa shape index (κ2) is 7.00. The molecule has 7 heteroatoms. The Morgan fingerprint density at radius 2 is 1.93 bits per heavy atom. The number of carbonyl (C=O) groups is 3. The van der Waals surface area contributed by atoms with Crippen LogP contribution in [0, 0.1) is 0 Å². The molecule has 0 aliphatic carbocycles. The van der Waals surface area contributed by atoms with Gasteiger partial charge in [-0.3, -0.25) is 14.5 Å². The molecule has 2 aliphatic heterocycles. The zero-order valence-corrected chi connectivity index (χ0v) is 14.8. The van der Waals surface area contributed by atoms with E-state index in [1.54, 1.807) is 0 Å². The Labute approximate surface area is 156 Å². The monoisotopic (exact) mass is 367 g/mol. The quantitative estimate of drug-likeness (QED) is 0.794. The summed E-state index contributed by atoms with van der Waals surface area (Å²) in [6, 6.07) is 13.7. The van der Waals surface area contributed by atoms with Crippen molar-refractivity contribution in [2.24, 2.45) is 0 Å². The third kappa shape index (κ3) is 3.38. The SMILES string of the molecule is O=C(CN1C(=O)CNC1=O)N1CC[C@@H](c2ccc3ccccc3c2)[C@H](O)C1. The van der Waals surface area contributed by atoms with E-state index in [2.05, 4.69) is 11.4 Å². The predicted octanol–water partition coefficient (Wildman–Crippen LogP) is 1.07. The first-order valence-electron chi connectivity index (χ1n) is 9.05. The number of carbonyl (C=O) groups excluding carboxylic acids is 3. The van der Waals surface area contributed by atoms with Crippen LogP contribution in [0.4, 0.5) is 4.79 Å². The Morgan fingerprint density at radius 3 is 2.63 bits per heavy atom. The maximum Gasteiger partial charge on any atom is 0.325 e. The van der Waals surface area contributed by atoms with E-state index in [4.69, 9.17) is 0 Å². The number of nitrogens with zero attached hydrogens (tertiary/aromatic N) is 2. The van der Waals surface area contributed by atoms with Gasteiger partial charge in [-0.1, -0.05) is 42.5 Å². The average Bonchev–Trinajstić information content (AvgIpc) is 2.99. The highest BCUT2D eigenvalue weighted by Gasteiger charge is 2.35. The van der Waals surface area contributed by atoms with Gasteiger partial charge < -0.3 is 15.3 Å². The van der Waals surface area contributed by atoms with Gasteiger partial charge in [-0.25, -0.2) is 4.79 Å². The molecule has 2 fully saturated rings. The smallest absolute Gasteiger partial charge is 0.325 e. The fourth-order valence-electron chi connectivity index (χ4n) is 3.84. The predicted molar refractivity (Wildman–Crippen MR) is 99.0 cm³/mol. The van der Waals surface area contributed by atoms with Crippen LogP contribution in [-0.4, -0.2) is 65.0 Å². The number of aliphatic hydroxyl groups is 1. The molecular weight excluding hydrogens is 346 g/mol. The minimum atomic E-state index is -0.688. The number of benzene rings is 2. The van der Waals surface area contributed by atoms with Crippen molar-refractivity contribution < 1.29 is 19.5 Å². The number of nitrogens with one attached hydrogen (secondary N) is 1. The molecule has 2 atom stereocenters. The van der Waals surface area contributed by atoms with Crippen LogP contribution in [0.25, 0.3) is 10.8 Å². The number of urea groups is 1. The molecule has 7 nitrogen and oxygen atoms in total. The highest BCUT2D eigenvalue weighted by Crippen LogP contribution is 2.30. The van der Waals surface area contributed by atoms with Gasteiger partial charge in [-0.15, -0.1) is 0 Å². The van der Waals surface area contributed by atoms with Gasteiger partial charge in [-0.2, -0.15) is 0 Å². The second-order valence-electron chi connectivity index (χ2n) is 7.05. The van der Waals surface area contributed by atoms with E-state index in [1.165, 1.54) is 4.90 Å². The Kier molecular flexibility index (Phi) is 4.53. The molecule has 2 aromatic rings. The summed E-state index contributed by atoms with van der Waals surface area (Å²) in [5, 5.41) is 15.3. The molecule has 140 valence electrons. The van der Waals surface area contributed by atoms with Gasteiger partial charge in [0.2, 0.25) is 5.91 Å². The number of hydrogen-bond donors (Lipinski definition) is 2. The maximum atomic E-state index is 12.4. The molecule has 0 spiro atoms. The standard InChI is InChI=1S/C20H21N3O4/c24-17-11-22(19(26)12-23-18(25)10-21-20(23)27)8-7-16(17)15-6-5-13-3-1-2-4-14(13)9-15/h1-6,9,16-17,24H,7-8,10-12H2,(H,21,27)/t16-,17+/m0/s1. The molecule has 2 N–H and O–H groups in total. The van der Waals surface area contributed by atoms with E-state index in [-0.39, 0.29) is 31.5 Å². The number of piperidine rings is 1. The van der Waals surface area contributed by atoms with Crippen LogP contribution in [0.5, 0.6) is 0 Å². The van der Waals surface area contributed by atoms with E-state index >= 15 is 0 Å².